The van der Waals surface area contributed by atoms with Crippen molar-refractivity contribution in [1.82, 2.24) is 34.6 Å². The normalized spacial score (nSPS) is 14.0. The molecule has 0 unspecified atom stereocenters. The summed E-state index contributed by atoms with van der Waals surface area (Å²) in [6, 6.07) is 7.10. The number of likely N-dealkylation sites (N-methyl/N-ethyl adjacent to an activating group) is 1. The number of amides is 2. The molecule has 9 nitrogen and oxygen atoms in total. The Balaban J connectivity index is 1.51. The van der Waals surface area contributed by atoms with Crippen molar-refractivity contribution in [2.45, 2.75) is 13.1 Å². The summed E-state index contributed by atoms with van der Waals surface area (Å²) in [6.07, 6.45) is 1.83. The Labute approximate surface area is 136 Å². The van der Waals surface area contributed by atoms with Gasteiger partial charge in [0.15, 0.2) is 17.2 Å². The Kier molecular flexibility index (Phi) is 3.26. The summed E-state index contributed by atoms with van der Waals surface area (Å²) in [5.74, 6) is 0.148. The lowest BCUT2D eigenvalue weighted by molar-refractivity contribution is 0.0742. The number of fused-ring (bicyclic) bond motifs is 2. The van der Waals surface area contributed by atoms with Crippen LogP contribution in [0.1, 0.15) is 26.8 Å². The molecule has 3 aromatic heterocycles. The fourth-order valence-electron chi connectivity index (χ4n) is 2.67. The minimum absolute atomic E-state index is 0.128. The Morgan fingerprint density at radius 1 is 1.29 bits per heavy atom. The van der Waals surface area contributed by atoms with E-state index >= 15 is 0 Å². The predicted molar refractivity (Wildman–Crippen MR) is 83.3 cm³/mol. The molecule has 122 valence electrons. The molecule has 1 aliphatic heterocycles. The van der Waals surface area contributed by atoms with Crippen LogP contribution >= 0.6 is 0 Å². The van der Waals surface area contributed by atoms with Crippen LogP contribution in [0.4, 0.5) is 0 Å². The van der Waals surface area contributed by atoms with Crippen molar-refractivity contribution in [1.29, 1.82) is 0 Å². The number of nitrogens with zero attached hydrogens (tertiary/aromatic N) is 6. The van der Waals surface area contributed by atoms with Crippen LogP contribution < -0.4 is 5.32 Å². The number of carbonyl (C=O) groups is 2. The topological polar surface area (TPSA) is 97.4 Å². The molecule has 0 radical (unpaired) electrons. The van der Waals surface area contributed by atoms with Crippen LogP contribution in [0.25, 0.3) is 5.65 Å². The van der Waals surface area contributed by atoms with Crippen molar-refractivity contribution in [2.24, 2.45) is 0 Å². The predicted octanol–water partition coefficient (Wildman–Crippen LogP) is -0.0586. The van der Waals surface area contributed by atoms with E-state index in [1.165, 1.54) is 6.07 Å². The van der Waals surface area contributed by atoms with Crippen LogP contribution in [0, 0.1) is 0 Å². The maximum atomic E-state index is 12.3. The molecule has 0 atom stereocenters. The quantitative estimate of drug-likeness (QED) is 0.728. The molecular weight excluding hydrogens is 310 g/mol. The number of pyridine rings is 1. The van der Waals surface area contributed by atoms with E-state index in [1.807, 2.05) is 24.4 Å². The molecule has 0 aromatic carbocycles. The number of rotatable bonds is 3. The van der Waals surface area contributed by atoms with Gasteiger partial charge < -0.3 is 10.2 Å². The van der Waals surface area contributed by atoms with E-state index in [0.717, 1.165) is 0 Å². The van der Waals surface area contributed by atoms with Crippen LogP contribution in [0.15, 0.2) is 30.5 Å². The van der Waals surface area contributed by atoms with Gasteiger partial charge in [0.05, 0.1) is 13.1 Å². The molecule has 1 aliphatic rings. The molecule has 24 heavy (non-hydrogen) atoms. The summed E-state index contributed by atoms with van der Waals surface area (Å²) < 4.78 is 3.38. The zero-order valence-electron chi connectivity index (χ0n) is 13.0. The lowest BCUT2D eigenvalue weighted by Crippen LogP contribution is -2.37. The third-order valence-electron chi connectivity index (χ3n) is 4.02. The minimum Gasteiger partial charge on any atom is -0.343 e. The molecule has 9 heteroatoms. The first-order valence-electron chi connectivity index (χ1n) is 7.53. The Hall–Kier alpha value is -3.23. The molecule has 4 rings (SSSR count). The summed E-state index contributed by atoms with van der Waals surface area (Å²) in [6.45, 7) is 1.39. The van der Waals surface area contributed by atoms with Gasteiger partial charge in [0, 0.05) is 25.9 Å². The minimum atomic E-state index is -0.347. The second-order valence-corrected chi connectivity index (χ2v) is 5.59. The highest BCUT2D eigenvalue weighted by atomic mass is 16.2. The van der Waals surface area contributed by atoms with E-state index in [1.54, 1.807) is 21.0 Å². The molecule has 0 fully saturated rings. The van der Waals surface area contributed by atoms with Gasteiger partial charge in [-0.2, -0.15) is 5.10 Å². The number of hydrogen-bond acceptors (Lipinski definition) is 5. The summed E-state index contributed by atoms with van der Waals surface area (Å²) in [5, 5.41) is 15.1. The number of aromatic nitrogens is 5. The second kappa shape index (κ2) is 5.44. The lowest BCUT2D eigenvalue weighted by atomic mass is 10.2. The molecule has 0 spiro atoms. The maximum absolute atomic E-state index is 12.3. The van der Waals surface area contributed by atoms with Gasteiger partial charge in [-0.15, -0.1) is 10.2 Å². The summed E-state index contributed by atoms with van der Waals surface area (Å²) >= 11 is 0. The van der Waals surface area contributed by atoms with Crippen molar-refractivity contribution in [3.63, 3.8) is 0 Å². The number of hydrogen-bond donors (Lipinski definition) is 1. The van der Waals surface area contributed by atoms with Crippen molar-refractivity contribution in [3.05, 3.63) is 47.7 Å². The average molecular weight is 325 g/mol. The summed E-state index contributed by atoms with van der Waals surface area (Å²) in [5.41, 5.74) is 1.37. The summed E-state index contributed by atoms with van der Waals surface area (Å²) in [7, 11) is 1.73. The highest BCUT2D eigenvalue weighted by Crippen LogP contribution is 2.12. The largest absolute Gasteiger partial charge is 0.343 e. The van der Waals surface area contributed by atoms with E-state index < -0.39 is 0 Å². The van der Waals surface area contributed by atoms with Gasteiger partial charge in [0.25, 0.3) is 11.8 Å². The number of carbonyl (C=O) groups excluding carboxylic acids is 2. The van der Waals surface area contributed by atoms with Crippen LogP contribution in [0.3, 0.4) is 0 Å². The second-order valence-electron chi connectivity index (χ2n) is 5.59. The van der Waals surface area contributed by atoms with E-state index in [4.69, 9.17) is 0 Å². The molecular formula is C15H15N7O2. The van der Waals surface area contributed by atoms with Crippen LogP contribution in [0.5, 0.6) is 0 Å². The monoisotopic (exact) mass is 325 g/mol. The third kappa shape index (κ3) is 2.30. The van der Waals surface area contributed by atoms with E-state index in [9.17, 15) is 9.59 Å². The van der Waals surface area contributed by atoms with Crippen molar-refractivity contribution in [2.75, 3.05) is 13.6 Å². The van der Waals surface area contributed by atoms with Crippen molar-refractivity contribution in [3.8, 4) is 0 Å². The third-order valence-corrected chi connectivity index (χ3v) is 4.02. The van der Waals surface area contributed by atoms with Gasteiger partial charge in [0.1, 0.15) is 5.69 Å². The maximum Gasteiger partial charge on any atom is 0.272 e. The highest BCUT2D eigenvalue weighted by molar-refractivity contribution is 5.98. The van der Waals surface area contributed by atoms with Crippen LogP contribution in [-0.2, 0) is 13.1 Å². The van der Waals surface area contributed by atoms with Crippen molar-refractivity contribution < 1.29 is 9.59 Å². The van der Waals surface area contributed by atoms with Gasteiger partial charge in [-0.05, 0) is 12.1 Å². The Morgan fingerprint density at radius 3 is 3.04 bits per heavy atom. The molecule has 3 aromatic rings. The van der Waals surface area contributed by atoms with E-state index in [-0.39, 0.29) is 24.1 Å². The van der Waals surface area contributed by atoms with Gasteiger partial charge in [-0.3, -0.25) is 18.7 Å². The Morgan fingerprint density at radius 2 is 2.17 bits per heavy atom. The van der Waals surface area contributed by atoms with Crippen LogP contribution in [0.2, 0.25) is 0 Å². The molecule has 2 amide bonds. The molecule has 1 N–H and O–H groups in total. The van der Waals surface area contributed by atoms with Gasteiger partial charge in [0.2, 0.25) is 0 Å². The fraction of sp³-hybridized carbons (Fsp3) is 0.267. The molecule has 4 heterocycles. The zero-order valence-corrected chi connectivity index (χ0v) is 13.0. The fourth-order valence-corrected chi connectivity index (χ4v) is 2.67. The summed E-state index contributed by atoms with van der Waals surface area (Å²) in [4.78, 5) is 26.0. The zero-order chi connectivity index (χ0) is 16.7. The smallest absolute Gasteiger partial charge is 0.272 e. The van der Waals surface area contributed by atoms with E-state index in [0.29, 0.717) is 30.3 Å². The SMILES string of the molecule is CN1CCn2nc(C(=O)NCc3nnc4ccccn34)cc2C1=O. The molecule has 0 bridgehead atoms. The van der Waals surface area contributed by atoms with Gasteiger partial charge in [-0.25, -0.2) is 0 Å². The van der Waals surface area contributed by atoms with Gasteiger partial charge in [-0.1, -0.05) is 6.07 Å². The lowest BCUT2D eigenvalue weighted by Gasteiger charge is -2.22. The Bertz CT molecular complexity index is 942. The van der Waals surface area contributed by atoms with E-state index in [2.05, 4.69) is 20.6 Å². The van der Waals surface area contributed by atoms with Crippen molar-refractivity contribution >= 4 is 17.5 Å². The molecule has 0 aliphatic carbocycles. The van der Waals surface area contributed by atoms with Crippen LogP contribution in [-0.4, -0.2) is 54.7 Å². The standard InChI is InChI=1S/C15H15N7O2/c1-20-6-7-22-11(15(20)24)8-10(19-22)14(23)16-9-13-18-17-12-4-2-3-5-21(12)13/h2-5,8H,6-7,9H2,1H3,(H,16,23). The molecule has 0 saturated carbocycles. The first-order valence-corrected chi connectivity index (χ1v) is 7.53. The van der Waals surface area contributed by atoms with Gasteiger partial charge >= 0.3 is 0 Å². The highest BCUT2D eigenvalue weighted by Gasteiger charge is 2.25. The molecule has 0 saturated heterocycles. The average Bonchev–Trinajstić information content (AvgIpc) is 3.21. The first-order chi connectivity index (χ1) is 11.6. The number of nitrogens with one attached hydrogen (secondary N) is 1. The first kappa shape index (κ1) is 14.4.